The van der Waals surface area contributed by atoms with E-state index in [9.17, 15) is 4.79 Å². The molecule has 18 heavy (non-hydrogen) atoms. The summed E-state index contributed by atoms with van der Waals surface area (Å²) >= 11 is 0. The lowest BCUT2D eigenvalue weighted by Crippen LogP contribution is -2.35. The third-order valence-corrected chi connectivity index (χ3v) is 2.34. The van der Waals surface area contributed by atoms with Crippen molar-refractivity contribution in [3.63, 3.8) is 0 Å². The summed E-state index contributed by atoms with van der Waals surface area (Å²) in [6.45, 7) is 8.29. The van der Waals surface area contributed by atoms with Crippen LogP contribution >= 0.6 is 0 Å². The van der Waals surface area contributed by atoms with E-state index in [0.717, 1.165) is 12.8 Å². The summed E-state index contributed by atoms with van der Waals surface area (Å²) in [5, 5.41) is 2.79. The smallest absolute Gasteiger partial charge is 0.407 e. The lowest BCUT2D eigenvalue weighted by molar-refractivity contribution is 0.0519. The Kier molecular flexibility index (Phi) is 7.92. The molecule has 0 spiro atoms. The van der Waals surface area contributed by atoms with Crippen molar-refractivity contribution >= 4 is 6.09 Å². The van der Waals surface area contributed by atoms with Crippen LogP contribution in [0.5, 0.6) is 0 Å². The number of allylic oxidation sites excluding steroid dienone is 3. The topological polar surface area (TPSA) is 64.3 Å². The minimum atomic E-state index is -0.447. The van der Waals surface area contributed by atoms with E-state index >= 15 is 0 Å². The Morgan fingerprint density at radius 3 is 2.56 bits per heavy atom. The fourth-order valence-electron chi connectivity index (χ4n) is 1.35. The number of ether oxygens (including phenoxy) is 1. The Morgan fingerprint density at radius 2 is 2.06 bits per heavy atom. The molecule has 0 radical (unpaired) electrons. The van der Waals surface area contributed by atoms with Gasteiger partial charge in [0.1, 0.15) is 5.60 Å². The van der Waals surface area contributed by atoms with Crippen molar-refractivity contribution < 1.29 is 9.53 Å². The lowest BCUT2D eigenvalue weighted by Gasteiger charge is -2.21. The summed E-state index contributed by atoms with van der Waals surface area (Å²) in [6.07, 6.45) is 8.81. The molecule has 0 aliphatic rings. The van der Waals surface area contributed by atoms with E-state index in [1.54, 1.807) is 6.08 Å². The van der Waals surface area contributed by atoms with Crippen LogP contribution < -0.4 is 11.1 Å². The van der Waals surface area contributed by atoms with Gasteiger partial charge in [0.15, 0.2) is 0 Å². The third-order valence-electron chi connectivity index (χ3n) is 2.34. The molecule has 0 saturated carbocycles. The maximum absolute atomic E-state index is 11.5. The monoisotopic (exact) mass is 254 g/mol. The second-order valence-electron chi connectivity index (χ2n) is 5.21. The van der Waals surface area contributed by atoms with Gasteiger partial charge in [0.25, 0.3) is 0 Å². The molecule has 0 aromatic rings. The molecular weight excluding hydrogens is 228 g/mol. The average Bonchev–Trinajstić information content (AvgIpc) is 2.26. The zero-order valence-electron chi connectivity index (χ0n) is 11.9. The third kappa shape index (κ3) is 9.75. The van der Waals surface area contributed by atoms with E-state index in [2.05, 4.69) is 12.2 Å². The molecule has 0 heterocycles. The quantitative estimate of drug-likeness (QED) is 0.716. The van der Waals surface area contributed by atoms with Gasteiger partial charge in [-0.1, -0.05) is 25.5 Å². The highest BCUT2D eigenvalue weighted by Crippen LogP contribution is 2.09. The van der Waals surface area contributed by atoms with Crippen molar-refractivity contribution in [2.75, 3.05) is 6.54 Å². The van der Waals surface area contributed by atoms with Gasteiger partial charge < -0.3 is 15.8 Å². The maximum Gasteiger partial charge on any atom is 0.407 e. The fourth-order valence-corrected chi connectivity index (χ4v) is 1.35. The molecule has 1 unspecified atom stereocenters. The molecule has 0 fully saturated rings. The highest BCUT2D eigenvalue weighted by atomic mass is 16.6. The second-order valence-corrected chi connectivity index (χ2v) is 5.21. The number of nitrogens with two attached hydrogens (primary N) is 1. The Bertz CT molecular complexity index is 291. The average molecular weight is 254 g/mol. The van der Waals surface area contributed by atoms with E-state index in [1.165, 1.54) is 6.20 Å². The van der Waals surface area contributed by atoms with E-state index in [0.29, 0.717) is 12.5 Å². The summed E-state index contributed by atoms with van der Waals surface area (Å²) in [4.78, 5) is 11.5. The van der Waals surface area contributed by atoms with Crippen molar-refractivity contribution in [3.8, 4) is 0 Å². The van der Waals surface area contributed by atoms with Crippen LogP contribution in [0.2, 0.25) is 0 Å². The first-order chi connectivity index (χ1) is 8.39. The summed E-state index contributed by atoms with van der Waals surface area (Å²) in [7, 11) is 0. The minimum Gasteiger partial charge on any atom is -0.444 e. The molecule has 4 heteroatoms. The normalized spacial score (nSPS) is 14.0. The van der Waals surface area contributed by atoms with Crippen LogP contribution in [0.4, 0.5) is 4.79 Å². The van der Waals surface area contributed by atoms with E-state index in [-0.39, 0.29) is 6.09 Å². The zero-order chi connectivity index (χ0) is 14.0. The number of amides is 1. The van der Waals surface area contributed by atoms with Gasteiger partial charge in [0, 0.05) is 6.54 Å². The number of hydrogen-bond donors (Lipinski definition) is 2. The Hall–Kier alpha value is -1.45. The van der Waals surface area contributed by atoms with Gasteiger partial charge in [-0.05, 0) is 45.4 Å². The maximum atomic E-state index is 11.5. The van der Waals surface area contributed by atoms with Crippen LogP contribution in [-0.4, -0.2) is 18.2 Å². The fraction of sp³-hybridized carbons (Fsp3) is 0.643. The van der Waals surface area contributed by atoms with Gasteiger partial charge in [0.2, 0.25) is 0 Å². The Balaban J connectivity index is 3.96. The molecule has 0 bridgehead atoms. The SMILES string of the molecule is CCC(C/C=C/C=C\N)CNC(=O)OC(C)(C)C. The van der Waals surface area contributed by atoms with Crippen molar-refractivity contribution in [1.29, 1.82) is 0 Å². The van der Waals surface area contributed by atoms with Crippen LogP contribution in [-0.2, 0) is 4.74 Å². The van der Waals surface area contributed by atoms with Gasteiger partial charge in [-0.2, -0.15) is 0 Å². The predicted molar refractivity (Wildman–Crippen MR) is 75.1 cm³/mol. The van der Waals surface area contributed by atoms with E-state index < -0.39 is 5.60 Å². The molecule has 0 aromatic heterocycles. The molecule has 3 N–H and O–H groups in total. The van der Waals surface area contributed by atoms with Gasteiger partial charge >= 0.3 is 6.09 Å². The van der Waals surface area contributed by atoms with Gasteiger partial charge in [-0.3, -0.25) is 0 Å². The largest absolute Gasteiger partial charge is 0.444 e. The van der Waals surface area contributed by atoms with Crippen LogP contribution in [0.3, 0.4) is 0 Å². The zero-order valence-corrected chi connectivity index (χ0v) is 11.9. The molecule has 4 nitrogen and oxygen atoms in total. The van der Waals surface area contributed by atoms with Crippen LogP contribution in [0.25, 0.3) is 0 Å². The summed E-state index contributed by atoms with van der Waals surface area (Å²) in [5.74, 6) is 0.417. The number of nitrogens with one attached hydrogen (secondary N) is 1. The number of carbonyl (C=O) groups excluding carboxylic acids is 1. The van der Waals surface area contributed by atoms with Crippen molar-refractivity contribution in [2.45, 2.75) is 46.1 Å². The van der Waals surface area contributed by atoms with Crippen LogP contribution in [0.1, 0.15) is 40.5 Å². The van der Waals surface area contributed by atoms with Crippen LogP contribution in [0, 0.1) is 5.92 Å². The molecule has 1 atom stereocenters. The lowest BCUT2D eigenvalue weighted by atomic mass is 10.0. The molecule has 104 valence electrons. The molecule has 0 rings (SSSR count). The number of carbonyl (C=O) groups is 1. The Morgan fingerprint density at radius 1 is 1.39 bits per heavy atom. The highest BCUT2D eigenvalue weighted by molar-refractivity contribution is 5.67. The first kappa shape index (κ1) is 16.6. The van der Waals surface area contributed by atoms with Gasteiger partial charge in [-0.25, -0.2) is 4.79 Å². The number of rotatable bonds is 6. The Labute approximate surface area is 110 Å². The minimum absolute atomic E-state index is 0.355. The summed E-state index contributed by atoms with van der Waals surface area (Å²) in [6, 6.07) is 0. The molecule has 0 aliphatic carbocycles. The van der Waals surface area contributed by atoms with Crippen molar-refractivity contribution in [2.24, 2.45) is 11.7 Å². The molecule has 1 amide bonds. The summed E-state index contributed by atoms with van der Waals surface area (Å²) in [5.41, 5.74) is 4.78. The standard InChI is InChI=1S/C14H26N2O2/c1-5-12(9-7-6-8-10-15)11-16-13(17)18-14(2,3)4/h6-8,10,12H,5,9,11,15H2,1-4H3,(H,16,17)/b7-6+,10-8-. The molecule has 0 aromatic carbocycles. The molecule has 0 aliphatic heterocycles. The second kappa shape index (κ2) is 8.61. The van der Waals surface area contributed by atoms with E-state index in [1.807, 2.05) is 32.9 Å². The number of hydrogen-bond acceptors (Lipinski definition) is 3. The molecular formula is C14H26N2O2. The first-order valence-electron chi connectivity index (χ1n) is 6.39. The first-order valence-corrected chi connectivity index (χ1v) is 6.39. The van der Waals surface area contributed by atoms with Gasteiger partial charge in [-0.15, -0.1) is 0 Å². The van der Waals surface area contributed by atoms with Gasteiger partial charge in [0.05, 0.1) is 0 Å². The van der Waals surface area contributed by atoms with E-state index in [4.69, 9.17) is 10.5 Å². The van der Waals surface area contributed by atoms with Crippen LogP contribution in [0.15, 0.2) is 24.4 Å². The predicted octanol–water partition coefficient (Wildman–Crippen LogP) is 2.96. The highest BCUT2D eigenvalue weighted by Gasteiger charge is 2.16. The number of alkyl carbamates (subject to hydrolysis) is 1. The van der Waals surface area contributed by atoms with Crippen molar-refractivity contribution in [1.82, 2.24) is 5.32 Å². The van der Waals surface area contributed by atoms with Crippen molar-refractivity contribution in [3.05, 3.63) is 24.4 Å². The summed E-state index contributed by atoms with van der Waals surface area (Å²) < 4.78 is 5.18. The molecule has 0 saturated heterocycles.